The van der Waals surface area contributed by atoms with Gasteiger partial charge in [0.15, 0.2) is 0 Å². The van der Waals surface area contributed by atoms with Gasteiger partial charge < -0.3 is 9.47 Å². The molecule has 7 heteroatoms. The number of hydrogen-bond donors (Lipinski definition) is 0. The van der Waals surface area contributed by atoms with Gasteiger partial charge in [0.05, 0.1) is 12.6 Å². The number of ether oxygens (including phenoxy) is 2. The summed E-state index contributed by atoms with van der Waals surface area (Å²) in [5, 5.41) is 0. The predicted molar refractivity (Wildman–Crippen MR) is 111 cm³/mol. The lowest BCUT2D eigenvalue weighted by Gasteiger charge is -2.31. The number of nitrogens with zero attached hydrogens (tertiary/aromatic N) is 2. The van der Waals surface area contributed by atoms with E-state index < -0.39 is 10.0 Å². The Kier molecular flexibility index (Phi) is 6.20. The molecular formula is C22H28N2O4S. The first-order chi connectivity index (χ1) is 14.1. The predicted octanol–water partition coefficient (Wildman–Crippen LogP) is 2.75. The van der Waals surface area contributed by atoms with Crippen molar-refractivity contribution >= 4 is 10.0 Å². The minimum absolute atomic E-state index is 0.175. The fourth-order valence-corrected chi connectivity index (χ4v) is 6.06. The summed E-state index contributed by atoms with van der Waals surface area (Å²) in [7, 11) is -2.05. The Morgan fingerprint density at radius 1 is 1.03 bits per heavy atom. The maximum Gasteiger partial charge on any atom is 0.247 e. The average molecular weight is 417 g/mol. The van der Waals surface area contributed by atoms with E-state index in [1.165, 1.54) is 5.56 Å². The Balaban J connectivity index is 1.61. The third-order valence-corrected chi connectivity index (χ3v) is 7.71. The zero-order valence-corrected chi connectivity index (χ0v) is 17.6. The molecule has 0 N–H and O–H groups in total. The molecular weight excluding hydrogens is 388 g/mol. The van der Waals surface area contributed by atoms with E-state index in [0.29, 0.717) is 18.9 Å². The van der Waals surface area contributed by atoms with Crippen LogP contribution in [0.25, 0.3) is 0 Å². The Bertz CT molecular complexity index is 919. The van der Waals surface area contributed by atoms with E-state index in [1.54, 1.807) is 29.6 Å². The lowest BCUT2D eigenvalue weighted by molar-refractivity contribution is 0.0958. The molecule has 1 saturated heterocycles. The lowest BCUT2D eigenvalue weighted by Crippen LogP contribution is -2.48. The molecule has 2 aromatic carbocycles. The molecule has 6 nitrogen and oxygen atoms in total. The quantitative estimate of drug-likeness (QED) is 0.750. The van der Waals surface area contributed by atoms with Crippen molar-refractivity contribution in [1.29, 1.82) is 0 Å². The van der Waals surface area contributed by atoms with Crippen LogP contribution in [0, 0.1) is 0 Å². The number of para-hydroxylation sites is 1. The van der Waals surface area contributed by atoms with Crippen LogP contribution in [0.2, 0.25) is 0 Å². The van der Waals surface area contributed by atoms with Gasteiger partial charge in [0.1, 0.15) is 16.7 Å². The molecule has 2 aromatic rings. The third kappa shape index (κ3) is 4.33. The summed E-state index contributed by atoms with van der Waals surface area (Å²) in [5.41, 5.74) is 1.27. The number of methoxy groups -OCH3 is 1. The van der Waals surface area contributed by atoms with Crippen molar-refractivity contribution in [3.05, 3.63) is 60.2 Å². The van der Waals surface area contributed by atoms with Gasteiger partial charge in [-0.25, -0.2) is 8.42 Å². The smallest absolute Gasteiger partial charge is 0.247 e. The highest BCUT2D eigenvalue weighted by atomic mass is 32.2. The van der Waals surface area contributed by atoms with Gasteiger partial charge in [-0.1, -0.05) is 42.5 Å². The molecule has 29 heavy (non-hydrogen) atoms. The first-order valence-corrected chi connectivity index (χ1v) is 11.6. The molecule has 0 aliphatic carbocycles. The molecule has 0 saturated carbocycles. The number of hydrogen-bond acceptors (Lipinski definition) is 5. The van der Waals surface area contributed by atoms with E-state index in [2.05, 4.69) is 29.2 Å². The van der Waals surface area contributed by atoms with E-state index in [1.807, 2.05) is 12.1 Å². The number of fused-ring (bicyclic) bond motifs is 2. The highest BCUT2D eigenvalue weighted by Crippen LogP contribution is 2.36. The maximum absolute atomic E-state index is 13.4. The second kappa shape index (κ2) is 8.83. The summed E-state index contributed by atoms with van der Waals surface area (Å²) in [4.78, 5) is 2.64. The number of likely N-dealkylation sites (tertiary alicyclic amines) is 1. The molecule has 2 heterocycles. The first-order valence-electron chi connectivity index (χ1n) is 10.1. The standard InChI is InChI=1S/C22H28N2O4S/c1-27-16-15-24-19-11-13-23(17-18-7-3-2-4-8-18)14-12-20(19)28-21-9-5-6-10-22(21)29(24,25)26/h2-10,19-20H,11-17H2,1H3/t19-,20-/m0/s1. The van der Waals surface area contributed by atoms with Crippen LogP contribution in [0.4, 0.5) is 0 Å². The average Bonchev–Trinajstić information content (AvgIpc) is 2.96. The van der Waals surface area contributed by atoms with Crippen LogP contribution in [-0.4, -0.2) is 63.1 Å². The van der Waals surface area contributed by atoms with Crippen molar-refractivity contribution in [3.8, 4) is 5.75 Å². The molecule has 156 valence electrons. The van der Waals surface area contributed by atoms with Gasteiger partial charge in [-0.15, -0.1) is 0 Å². The fraction of sp³-hybridized carbons (Fsp3) is 0.455. The lowest BCUT2D eigenvalue weighted by atomic mass is 10.1. The van der Waals surface area contributed by atoms with E-state index in [9.17, 15) is 8.42 Å². The van der Waals surface area contributed by atoms with Gasteiger partial charge in [0.25, 0.3) is 0 Å². The van der Waals surface area contributed by atoms with E-state index in [4.69, 9.17) is 9.47 Å². The van der Waals surface area contributed by atoms with Crippen LogP contribution in [0.3, 0.4) is 0 Å². The fourth-order valence-electron chi connectivity index (χ4n) is 4.28. The van der Waals surface area contributed by atoms with Crippen LogP contribution in [-0.2, 0) is 21.3 Å². The molecule has 0 amide bonds. The molecule has 0 aromatic heterocycles. The molecule has 0 bridgehead atoms. The largest absolute Gasteiger partial charge is 0.487 e. The summed E-state index contributed by atoms with van der Waals surface area (Å²) in [6, 6.07) is 17.1. The van der Waals surface area contributed by atoms with Crippen LogP contribution in [0.1, 0.15) is 18.4 Å². The van der Waals surface area contributed by atoms with Crippen molar-refractivity contribution in [2.45, 2.75) is 36.4 Å². The van der Waals surface area contributed by atoms with E-state index in [0.717, 1.165) is 32.5 Å². The van der Waals surface area contributed by atoms with Crippen LogP contribution in [0.5, 0.6) is 5.75 Å². The van der Waals surface area contributed by atoms with Crippen LogP contribution < -0.4 is 4.74 Å². The zero-order chi connectivity index (χ0) is 20.3. The van der Waals surface area contributed by atoms with Gasteiger partial charge in [0, 0.05) is 33.3 Å². The molecule has 0 radical (unpaired) electrons. The molecule has 2 atom stereocenters. The normalized spacial score (nSPS) is 24.6. The highest BCUT2D eigenvalue weighted by molar-refractivity contribution is 7.89. The van der Waals surface area contributed by atoms with Crippen LogP contribution in [0.15, 0.2) is 59.5 Å². The molecule has 1 fully saturated rings. The van der Waals surface area contributed by atoms with Gasteiger partial charge in [-0.05, 0) is 30.5 Å². The second-order valence-corrected chi connectivity index (χ2v) is 9.48. The van der Waals surface area contributed by atoms with Crippen molar-refractivity contribution in [2.24, 2.45) is 0 Å². The highest BCUT2D eigenvalue weighted by Gasteiger charge is 2.43. The minimum atomic E-state index is -3.64. The van der Waals surface area contributed by atoms with Gasteiger partial charge in [0.2, 0.25) is 10.0 Å². The molecule has 0 unspecified atom stereocenters. The van der Waals surface area contributed by atoms with Gasteiger partial charge in [-0.3, -0.25) is 4.90 Å². The minimum Gasteiger partial charge on any atom is -0.487 e. The number of sulfonamides is 1. The Morgan fingerprint density at radius 2 is 1.76 bits per heavy atom. The summed E-state index contributed by atoms with van der Waals surface area (Å²) in [5.74, 6) is 0.457. The summed E-state index contributed by atoms with van der Waals surface area (Å²) in [6.07, 6.45) is 1.34. The first kappa shape index (κ1) is 20.3. The SMILES string of the molecule is COCCN1[C@H]2CCN(Cc3ccccc3)CC[C@@H]2Oc2ccccc2S1(=O)=O. The van der Waals surface area contributed by atoms with E-state index >= 15 is 0 Å². The summed E-state index contributed by atoms with van der Waals surface area (Å²) >= 11 is 0. The van der Waals surface area contributed by atoms with Crippen LogP contribution >= 0.6 is 0 Å². The molecule has 4 rings (SSSR count). The summed E-state index contributed by atoms with van der Waals surface area (Å²) < 4.78 is 40.0. The topological polar surface area (TPSA) is 59.1 Å². The van der Waals surface area contributed by atoms with Crippen molar-refractivity contribution in [2.75, 3.05) is 33.4 Å². The number of benzene rings is 2. The van der Waals surface area contributed by atoms with Crippen molar-refractivity contribution < 1.29 is 17.9 Å². The van der Waals surface area contributed by atoms with Gasteiger partial charge in [-0.2, -0.15) is 4.31 Å². The van der Waals surface area contributed by atoms with E-state index in [-0.39, 0.29) is 17.0 Å². The Morgan fingerprint density at radius 3 is 2.55 bits per heavy atom. The third-order valence-electron chi connectivity index (χ3n) is 5.75. The Labute approximate surface area is 173 Å². The summed E-state index contributed by atoms with van der Waals surface area (Å²) in [6.45, 7) is 3.25. The monoisotopic (exact) mass is 416 g/mol. The van der Waals surface area contributed by atoms with Gasteiger partial charge >= 0.3 is 0 Å². The Hall–Kier alpha value is -1.93. The maximum atomic E-state index is 13.4. The molecule has 0 spiro atoms. The molecule has 2 aliphatic heterocycles. The zero-order valence-electron chi connectivity index (χ0n) is 16.7. The second-order valence-electron chi connectivity index (χ2n) is 7.62. The van der Waals surface area contributed by atoms with Crippen molar-refractivity contribution in [3.63, 3.8) is 0 Å². The molecule has 2 aliphatic rings. The number of rotatable bonds is 5. The van der Waals surface area contributed by atoms with Crippen molar-refractivity contribution in [1.82, 2.24) is 9.21 Å².